The van der Waals surface area contributed by atoms with Crippen molar-refractivity contribution in [1.29, 1.82) is 0 Å². The van der Waals surface area contributed by atoms with Crippen molar-refractivity contribution in [2.24, 2.45) is 0 Å². The Hall–Kier alpha value is -1.56. The average molecular weight is 228 g/mol. The summed E-state index contributed by atoms with van der Waals surface area (Å²) in [6.07, 6.45) is 2.54. The lowest BCUT2D eigenvalue weighted by Gasteiger charge is -2.05. The van der Waals surface area contributed by atoms with Crippen LogP contribution in [0.4, 0.5) is 10.1 Å². The minimum Gasteiger partial charge on any atom is -0.345 e. The smallest absolute Gasteiger partial charge is 0.264 e. The van der Waals surface area contributed by atoms with Crippen molar-refractivity contribution in [3.8, 4) is 0 Å². The van der Waals surface area contributed by atoms with Crippen LogP contribution in [0.3, 0.4) is 0 Å². The summed E-state index contributed by atoms with van der Waals surface area (Å²) >= 11 is 1.18. The molecule has 80 valence electrons. The van der Waals surface area contributed by atoms with E-state index in [1.807, 2.05) is 0 Å². The van der Waals surface area contributed by atoms with E-state index in [0.29, 0.717) is 10.7 Å². The number of anilines is 1. The third kappa shape index (κ3) is 3.99. The maximum absolute atomic E-state index is 12.8. The molecule has 0 heterocycles. The monoisotopic (exact) mass is 228 g/mol. The van der Waals surface area contributed by atoms with E-state index < -0.39 is 4.92 Å². The Labute approximate surface area is 90.3 Å². The molecule has 0 bridgehead atoms. The second-order valence-corrected chi connectivity index (χ2v) is 3.47. The Morgan fingerprint density at radius 3 is 2.93 bits per heavy atom. The van der Waals surface area contributed by atoms with Crippen molar-refractivity contribution < 1.29 is 9.31 Å². The molecule has 0 saturated carbocycles. The molecular weight excluding hydrogens is 219 g/mol. The highest BCUT2D eigenvalue weighted by Crippen LogP contribution is 2.17. The molecule has 0 unspecified atom stereocenters. The molecular formula is C9H9FN2O2S. The van der Waals surface area contributed by atoms with Gasteiger partial charge in [-0.25, -0.2) is 4.39 Å². The van der Waals surface area contributed by atoms with Crippen LogP contribution in [0, 0.1) is 15.9 Å². The predicted molar refractivity (Wildman–Crippen MR) is 58.6 cm³/mol. The van der Waals surface area contributed by atoms with E-state index in [1.54, 1.807) is 12.3 Å². The fourth-order valence-corrected chi connectivity index (χ4v) is 1.35. The second-order valence-electron chi connectivity index (χ2n) is 2.62. The second kappa shape index (κ2) is 5.35. The van der Waals surface area contributed by atoms with E-state index in [2.05, 4.69) is 5.32 Å². The van der Waals surface area contributed by atoms with Crippen molar-refractivity contribution in [1.82, 2.24) is 0 Å². The first-order valence-electron chi connectivity index (χ1n) is 4.03. The zero-order chi connectivity index (χ0) is 11.3. The topological polar surface area (TPSA) is 55.2 Å². The molecule has 0 atom stereocenters. The van der Waals surface area contributed by atoms with Crippen LogP contribution in [0.1, 0.15) is 0 Å². The molecule has 0 fully saturated rings. The van der Waals surface area contributed by atoms with Gasteiger partial charge in [0.15, 0.2) is 0 Å². The molecule has 0 spiro atoms. The molecule has 0 aliphatic rings. The Morgan fingerprint density at radius 2 is 2.40 bits per heavy atom. The highest BCUT2D eigenvalue weighted by Gasteiger charge is 2.02. The summed E-state index contributed by atoms with van der Waals surface area (Å²) in [7, 11) is 0. The number of nitro groups is 1. The summed E-state index contributed by atoms with van der Waals surface area (Å²) in [6.45, 7) is 0. The van der Waals surface area contributed by atoms with Crippen LogP contribution in [0.2, 0.25) is 0 Å². The zero-order valence-corrected chi connectivity index (χ0v) is 8.75. The number of hydrogen-bond acceptors (Lipinski definition) is 4. The fraction of sp³-hybridized carbons (Fsp3) is 0.111. The highest BCUT2D eigenvalue weighted by atomic mass is 32.2. The van der Waals surface area contributed by atoms with Crippen molar-refractivity contribution in [3.05, 3.63) is 51.4 Å². The average Bonchev–Trinajstić information content (AvgIpc) is 2.16. The fourth-order valence-electron chi connectivity index (χ4n) is 0.940. The molecule has 1 aromatic carbocycles. The van der Waals surface area contributed by atoms with E-state index in [4.69, 9.17) is 0 Å². The van der Waals surface area contributed by atoms with Gasteiger partial charge >= 0.3 is 0 Å². The quantitative estimate of drug-likeness (QED) is 0.635. The third-order valence-corrected chi connectivity index (χ3v) is 2.18. The van der Waals surface area contributed by atoms with Gasteiger partial charge in [0.25, 0.3) is 6.20 Å². The minimum absolute atomic E-state index is 0.352. The summed E-state index contributed by atoms with van der Waals surface area (Å²) in [4.78, 5) is 9.67. The summed E-state index contributed by atoms with van der Waals surface area (Å²) in [5, 5.41) is 13.3. The molecule has 0 saturated heterocycles. The first-order chi connectivity index (χ1) is 7.11. The van der Waals surface area contributed by atoms with E-state index in [9.17, 15) is 14.5 Å². The van der Waals surface area contributed by atoms with Crippen molar-refractivity contribution >= 4 is 17.4 Å². The van der Waals surface area contributed by atoms with E-state index in [1.165, 1.54) is 30.0 Å². The van der Waals surface area contributed by atoms with Gasteiger partial charge in [-0.05, 0) is 24.5 Å². The number of rotatable bonds is 4. The summed E-state index contributed by atoms with van der Waals surface area (Å²) < 4.78 is 12.8. The normalized spacial score (nSPS) is 11.2. The minimum atomic E-state index is -0.557. The maximum atomic E-state index is 12.8. The molecule has 0 aliphatic carbocycles. The van der Waals surface area contributed by atoms with Gasteiger partial charge in [0.2, 0.25) is 0 Å². The maximum Gasteiger partial charge on any atom is 0.264 e. The van der Waals surface area contributed by atoms with Crippen LogP contribution in [-0.2, 0) is 0 Å². The van der Waals surface area contributed by atoms with Gasteiger partial charge in [-0.3, -0.25) is 10.1 Å². The Bertz CT molecular complexity index is 395. The lowest BCUT2D eigenvalue weighted by molar-refractivity contribution is -0.402. The van der Waals surface area contributed by atoms with Gasteiger partial charge in [0.1, 0.15) is 10.8 Å². The Kier molecular flexibility index (Phi) is 4.11. The standard InChI is InChI=1S/C9H9FN2O2S/c1-15-9(6-12(13)14)11-8-4-2-3-7(10)5-8/h2-6,11H,1H3. The Balaban J connectivity index is 2.80. The van der Waals surface area contributed by atoms with Gasteiger partial charge in [-0.2, -0.15) is 0 Å². The van der Waals surface area contributed by atoms with Crippen LogP contribution in [-0.4, -0.2) is 11.2 Å². The van der Waals surface area contributed by atoms with E-state index in [0.717, 1.165) is 6.20 Å². The van der Waals surface area contributed by atoms with Crippen molar-refractivity contribution in [3.63, 3.8) is 0 Å². The molecule has 0 radical (unpaired) electrons. The third-order valence-electron chi connectivity index (χ3n) is 1.53. The van der Waals surface area contributed by atoms with E-state index >= 15 is 0 Å². The predicted octanol–water partition coefficient (Wildman–Crippen LogP) is 2.68. The van der Waals surface area contributed by atoms with Gasteiger partial charge < -0.3 is 5.32 Å². The molecule has 1 aromatic rings. The number of benzene rings is 1. The molecule has 0 amide bonds. The first kappa shape index (κ1) is 11.5. The summed E-state index contributed by atoms with van der Waals surface area (Å²) in [5.74, 6) is -0.387. The largest absolute Gasteiger partial charge is 0.345 e. The number of nitrogens with zero attached hydrogens (tertiary/aromatic N) is 1. The molecule has 4 nitrogen and oxygen atoms in total. The number of nitrogens with one attached hydrogen (secondary N) is 1. The summed E-state index contributed by atoms with van der Waals surface area (Å²) in [6, 6.07) is 5.74. The van der Waals surface area contributed by atoms with Gasteiger partial charge in [-0.1, -0.05) is 6.07 Å². The van der Waals surface area contributed by atoms with Gasteiger partial charge in [0, 0.05) is 5.69 Å². The van der Waals surface area contributed by atoms with Gasteiger partial charge in [-0.15, -0.1) is 11.8 Å². The molecule has 6 heteroatoms. The molecule has 0 aliphatic heterocycles. The van der Waals surface area contributed by atoms with Crippen LogP contribution in [0.15, 0.2) is 35.5 Å². The van der Waals surface area contributed by atoms with E-state index in [-0.39, 0.29) is 5.82 Å². The van der Waals surface area contributed by atoms with Crippen LogP contribution in [0.5, 0.6) is 0 Å². The zero-order valence-electron chi connectivity index (χ0n) is 7.94. The SMILES string of the molecule is CSC(=C[N+](=O)[O-])Nc1cccc(F)c1. The molecule has 15 heavy (non-hydrogen) atoms. The van der Waals surface area contributed by atoms with Crippen LogP contribution < -0.4 is 5.32 Å². The first-order valence-corrected chi connectivity index (χ1v) is 5.26. The highest BCUT2D eigenvalue weighted by molar-refractivity contribution is 8.02. The molecule has 1 N–H and O–H groups in total. The van der Waals surface area contributed by atoms with Crippen molar-refractivity contribution in [2.45, 2.75) is 0 Å². The number of hydrogen-bond donors (Lipinski definition) is 1. The lowest BCUT2D eigenvalue weighted by Crippen LogP contribution is -1.99. The van der Waals surface area contributed by atoms with Gasteiger partial charge in [0.05, 0.1) is 4.92 Å². The van der Waals surface area contributed by atoms with Crippen molar-refractivity contribution in [2.75, 3.05) is 11.6 Å². The lowest BCUT2D eigenvalue weighted by atomic mass is 10.3. The number of thioether (sulfide) groups is 1. The molecule has 0 aromatic heterocycles. The van der Waals surface area contributed by atoms with Crippen LogP contribution >= 0.6 is 11.8 Å². The Morgan fingerprint density at radius 1 is 1.67 bits per heavy atom. The molecule has 1 rings (SSSR count). The van der Waals surface area contributed by atoms with Crippen LogP contribution in [0.25, 0.3) is 0 Å². The number of halogens is 1. The summed E-state index contributed by atoms with van der Waals surface area (Å²) in [5.41, 5.74) is 0.484.